The minimum absolute atomic E-state index is 0.00732. The van der Waals surface area contributed by atoms with Gasteiger partial charge < -0.3 is 66.0 Å². The second-order valence-corrected chi connectivity index (χ2v) is 22.0. The molecule has 4 bridgehead atoms. The van der Waals surface area contributed by atoms with Crippen LogP contribution in [0.5, 0.6) is 0 Å². The predicted octanol–water partition coefficient (Wildman–Crippen LogP) is 3.45. The number of halogens is 8. The van der Waals surface area contributed by atoms with Crippen LogP contribution in [0.2, 0.25) is 0 Å². The molecule has 0 saturated carbocycles. The first-order valence-electron chi connectivity index (χ1n) is 26.7. The first-order valence-corrected chi connectivity index (χ1v) is 28.7. The number of carbonyl (C=O) groups is 7. The number of guanidine groups is 2. The van der Waals surface area contributed by atoms with Crippen LogP contribution in [0.15, 0.2) is 19.8 Å². The fourth-order valence-corrected chi connectivity index (χ4v) is 10.4. The number of fused-ring (bicyclic) bond motifs is 2. The minimum atomic E-state index is -2.56. The lowest BCUT2D eigenvalue weighted by Crippen LogP contribution is -2.59. The van der Waals surface area contributed by atoms with Gasteiger partial charge in [-0.05, 0) is 71.8 Å². The van der Waals surface area contributed by atoms with Crippen LogP contribution >= 0.6 is 23.5 Å². The molecule has 0 radical (unpaired) electrons. The molecule has 3 aliphatic heterocycles. The number of amidine groups is 1. The average Bonchev–Trinajstić information content (AvgIpc) is 3.06. The fraction of sp³-hybridized carbons (Fsp3) is 0.558. The van der Waals surface area contributed by atoms with Crippen LogP contribution in [0.25, 0.3) is 11.1 Å². The van der Waals surface area contributed by atoms with Crippen LogP contribution < -0.4 is 60.6 Å². The van der Waals surface area contributed by atoms with Crippen molar-refractivity contribution >= 4 is 88.1 Å². The van der Waals surface area contributed by atoms with Gasteiger partial charge in [-0.3, -0.25) is 49.0 Å². The molecule has 5 rings (SSSR count). The molecule has 6 atom stereocenters. The highest BCUT2D eigenvalue weighted by Crippen LogP contribution is 2.42. The molecular weight excluding hydrogens is 1160 g/mol. The maximum Gasteiger partial charge on any atom is 0.244 e. The number of hydrogen-bond acceptors (Lipinski definition) is 14. The van der Waals surface area contributed by atoms with Crippen molar-refractivity contribution in [3.8, 4) is 11.1 Å². The van der Waals surface area contributed by atoms with E-state index in [1.54, 1.807) is 13.8 Å². The number of nitrogens with zero attached hydrogens (tertiary/aromatic N) is 2. The highest BCUT2D eigenvalue weighted by Gasteiger charge is 2.38. The number of hydrogen-bond donors (Lipinski definition) is 13. The van der Waals surface area contributed by atoms with E-state index in [-0.39, 0.29) is 149 Å². The number of likely N-dealkylation sites (N-methyl/N-ethyl adjacent to an activating group) is 1. The van der Waals surface area contributed by atoms with Crippen molar-refractivity contribution in [2.45, 2.75) is 157 Å². The number of amides is 5. The molecule has 22 nitrogen and oxygen atoms in total. The van der Waals surface area contributed by atoms with Crippen molar-refractivity contribution in [3.05, 3.63) is 46.5 Å². The highest BCUT2D eigenvalue weighted by molar-refractivity contribution is 7.99. The van der Waals surface area contributed by atoms with Crippen molar-refractivity contribution in [2.24, 2.45) is 44.6 Å². The number of carbonyl (C=O) groups excluding carboxylic acids is 7. The lowest BCUT2D eigenvalue weighted by atomic mass is 9.97. The zero-order valence-corrected chi connectivity index (χ0v) is 48.4. The summed E-state index contributed by atoms with van der Waals surface area (Å²) in [6.07, 6.45) is -0.560. The Kier molecular flexibility index (Phi) is 29.3. The topological polar surface area (TPSA) is 394 Å². The van der Waals surface area contributed by atoms with Crippen LogP contribution in [-0.2, 0) is 33.6 Å². The molecule has 5 amide bonds. The molecule has 2 aromatic rings. The summed E-state index contributed by atoms with van der Waals surface area (Å²) in [4.78, 5) is 103. The van der Waals surface area contributed by atoms with E-state index in [1.165, 1.54) is 14.0 Å². The van der Waals surface area contributed by atoms with Crippen molar-refractivity contribution < 1.29 is 68.7 Å². The van der Waals surface area contributed by atoms with Gasteiger partial charge in [0.15, 0.2) is 64.2 Å². The fourth-order valence-electron chi connectivity index (χ4n) is 8.32. The van der Waals surface area contributed by atoms with Gasteiger partial charge in [0.25, 0.3) is 0 Å². The Balaban J connectivity index is 2.38. The van der Waals surface area contributed by atoms with Gasteiger partial charge in [-0.25, -0.2) is 35.1 Å². The van der Waals surface area contributed by atoms with Crippen molar-refractivity contribution in [3.63, 3.8) is 0 Å². The van der Waals surface area contributed by atoms with Gasteiger partial charge in [0.05, 0.1) is 38.8 Å². The average molecular weight is 1240 g/mol. The molecular formula is C52H73F8N15O7S2. The largest absolute Gasteiger partial charge is 0.388 e. The van der Waals surface area contributed by atoms with Crippen LogP contribution in [0.4, 0.5) is 35.1 Å². The second kappa shape index (κ2) is 34.6. The summed E-state index contributed by atoms with van der Waals surface area (Å²) < 4.78 is 128. The maximum absolute atomic E-state index is 16.2. The number of aliphatic imine (C=N–C) groups is 2. The summed E-state index contributed by atoms with van der Waals surface area (Å²) in [6.45, 7) is 4.50. The zero-order chi connectivity index (χ0) is 63.1. The summed E-state index contributed by atoms with van der Waals surface area (Å²) in [5.74, 6) is -29.3. The summed E-state index contributed by atoms with van der Waals surface area (Å²) in [7, 11) is 1.19. The zero-order valence-electron chi connectivity index (χ0n) is 46.7. The standard InChI is InChI=1S/C52H73F8N15O7S2/c1-23(2)31(76)17-18-32(77)25(12-7-8-16-33(62)63)71-50(82)30-22-84-45-42(59)38(55)35(39(56)43(45)60)34-36(53)40(57)44(41(58)37(34)54)83-21-29(68-4)49(81)74-28(15-10-20-70-52(66)67)47(79)73-27(14-9-19-69-51(64)65)46(78)72-26(48(80)75-30)13-6-5-11-24(3)61/h23,25-30,61,68H,5-22H2,1-4H3,(H3,62,63)(H,71,82)(H,72,78)(H,73,79)(H,74,81)(H,75,80)(H4,64,65,69)(H4,66,67,70). The van der Waals surface area contributed by atoms with Crippen molar-refractivity contribution in [1.29, 1.82) is 10.8 Å². The Morgan fingerprint density at radius 3 is 1.42 bits per heavy atom. The molecule has 0 aliphatic carbocycles. The molecule has 3 aliphatic rings. The van der Waals surface area contributed by atoms with E-state index in [0.717, 1.165) is 0 Å². The number of benzene rings is 2. The third-order valence-corrected chi connectivity index (χ3v) is 15.3. The molecule has 84 heavy (non-hydrogen) atoms. The van der Waals surface area contributed by atoms with E-state index in [0.29, 0.717) is 0 Å². The maximum atomic E-state index is 16.2. The van der Waals surface area contributed by atoms with Gasteiger partial charge >= 0.3 is 0 Å². The van der Waals surface area contributed by atoms with E-state index >= 15 is 35.1 Å². The molecule has 3 heterocycles. The van der Waals surface area contributed by atoms with E-state index < -0.39 is 163 Å². The number of rotatable bonds is 26. The third-order valence-electron chi connectivity index (χ3n) is 13.0. The molecule has 6 unspecified atom stereocenters. The van der Waals surface area contributed by atoms with Crippen LogP contribution in [0.1, 0.15) is 111 Å². The van der Waals surface area contributed by atoms with Crippen LogP contribution in [0, 0.1) is 63.3 Å². The van der Waals surface area contributed by atoms with Crippen LogP contribution in [0.3, 0.4) is 0 Å². The van der Waals surface area contributed by atoms with Gasteiger partial charge in [0, 0.05) is 55.5 Å². The van der Waals surface area contributed by atoms with E-state index in [2.05, 4.69) is 41.9 Å². The van der Waals surface area contributed by atoms with E-state index in [1.807, 2.05) is 0 Å². The Bertz CT molecular complexity index is 2750. The number of nitrogens with two attached hydrogens (primary N) is 5. The molecule has 0 saturated heterocycles. The van der Waals surface area contributed by atoms with Gasteiger partial charge in [-0.2, -0.15) is 0 Å². The minimum Gasteiger partial charge on any atom is -0.388 e. The molecule has 2 aromatic carbocycles. The first kappa shape index (κ1) is 71.2. The Morgan fingerprint density at radius 1 is 0.571 bits per heavy atom. The van der Waals surface area contributed by atoms with Gasteiger partial charge in [-0.15, -0.1) is 23.5 Å². The monoisotopic (exact) mass is 1240 g/mol. The Morgan fingerprint density at radius 2 is 0.988 bits per heavy atom. The summed E-state index contributed by atoms with van der Waals surface area (Å²) >= 11 is -0.197. The smallest absolute Gasteiger partial charge is 0.244 e. The second-order valence-electron chi connectivity index (χ2n) is 20.0. The molecule has 32 heteroatoms. The number of thioether (sulfide) groups is 2. The summed E-state index contributed by atoms with van der Waals surface area (Å²) in [5.41, 5.74) is 23.2. The Hall–Kier alpha value is -7.09. The molecule has 0 fully saturated rings. The molecule has 0 spiro atoms. The van der Waals surface area contributed by atoms with Crippen LogP contribution in [-0.4, -0.2) is 132 Å². The number of unbranched alkanes of at least 4 members (excludes halogenated alkanes) is 2. The lowest BCUT2D eigenvalue weighted by molar-refractivity contribution is -0.135. The molecule has 0 aromatic heterocycles. The third kappa shape index (κ3) is 21.5. The summed E-state index contributed by atoms with van der Waals surface area (Å²) in [6, 6.07) is -9.94. The van der Waals surface area contributed by atoms with Crippen molar-refractivity contribution in [2.75, 3.05) is 31.6 Å². The lowest BCUT2D eigenvalue weighted by Gasteiger charge is -2.28. The number of Topliss-reactive ketones (excluding diaryl/α,β-unsaturated/α-hetero) is 2. The highest BCUT2D eigenvalue weighted by atomic mass is 32.2. The van der Waals surface area contributed by atoms with Gasteiger partial charge in [0.1, 0.15) is 30.0 Å². The van der Waals surface area contributed by atoms with E-state index in [4.69, 9.17) is 39.5 Å². The quantitative estimate of drug-likeness (QED) is 0.0211. The Labute approximate surface area is 488 Å². The first-order chi connectivity index (χ1) is 39.5. The van der Waals surface area contributed by atoms with Gasteiger partial charge in [0.2, 0.25) is 29.5 Å². The molecule has 18 N–H and O–H groups in total. The van der Waals surface area contributed by atoms with E-state index in [9.17, 15) is 33.6 Å². The number of nitrogens with one attached hydrogen (secondary N) is 8. The van der Waals surface area contributed by atoms with Crippen molar-refractivity contribution in [1.82, 2.24) is 31.9 Å². The summed E-state index contributed by atoms with van der Waals surface area (Å²) in [5, 5.41) is 30.3. The number of ketones is 2. The predicted molar refractivity (Wildman–Crippen MR) is 302 cm³/mol. The van der Waals surface area contributed by atoms with Gasteiger partial charge in [-0.1, -0.05) is 26.7 Å². The SMILES string of the molecule is CNC1CSc2c(F)c(F)c(c(F)c2F)-c2c(F)c(F)c(c(F)c2F)SCC(C(=O)NC(CCCCC(=N)N)C(=O)CCC(=O)C(C)C)NC(=O)C(CCCCC(C)=N)NC(=O)C(CCCN=C(N)N)NC(=O)C(CCCN=C(N)N)NC1=O. The molecule has 466 valence electrons. The normalized spacial score (nSPS) is 18.6.